The predicted octanol–water partition coefficient (Wildman–Crippen LogP) is 2.45. The quantitative estimate of drug-likeness (QED) is 0.775. The van der Waals surface area contributed by atoms with Crippen molar-refractivity contribution in [3.05, 3.63) is 21.3 Å². The summed E-state index contributed by atoms with van der Waals surface area (Å²) in [7, 11) is 0. The summed E-state index contributed by atoms with van der Waals surface area (Å²) in [6.45, 7) is -0.680. The van der Waals surface area contributed by atoms with Crippen molar-refractivity contribution in [2.75, 3.05) is 6.54 Å². The van der Waals surface area contributed by atoms with Gasteiger partial charge in [0, 0.05) is 10.9 Å². The lowest BCUT2D eigenvalue weighted by atomic mass is 10.2. The van der Waals surface area contributed by atoms with Gasteiger partial charge in [-0.2, -0.15) is 8.78 Å². The number of nitrogens with two attached hydrogens (primary N) is 1. The molecule has 0 aliphatic heterocycles. The van der Waals surface area contributed by atoms with Crippen molar-refractivity contribution in [3.8, 4) is 0 Å². The molecule has 0 saturated heterocycles. The lowest BCUT2D eigenvalue weighted by molar-refractivity contribution is 0.00640. The van der Waals surface area contributed by atoms with Crippen LogP contribution in [0.25, 0.3) is 0 Å². The van der Waals surface area contributed by atoms with Crippen LogP contribution in [0.1, 0.15) is 5.56 Å². The van der Waals surface area contributed by atoms with Gasteiger partial charge in [-0.1, -0.05) is 11.6 Å². The Bertz CT molecular complexity index is 248. The number of thiophene rings is 1. The molecule has 0 radical (unpaired) electrons. The summed E-state index contributed by atoms with van der Waals surface area (Å²) in [5.41, 5.74) is 4.76. The Labute approximate surface area is 71.8 Å². The molecule has 0 bridgehead atoms. The van der Waals surface area contributed by atoms with E-state index in [9.17, 15) is 8.78 Å². The molecule has 0 aliphatic rings. The lowest BCUT2D eigenvalue weighted by Crippen LogP contribution is -2.24. The molecule has 0 atom stereocenters. The van der Waals surface area contributed by atoms with Gasteiger partial charge in [0.05, 0.1) is 10.9 Å². The minimum Gasteiger partial charge on any atom is -0.325 e. The van der Waals surface area contributed by atoms with E-state index in [1.165, 1.54) is 11.4 Å². The zero-order valence-electron chi connectivity index (χ0n) is 5.48. The van der Waals surface area contributed by atoms with Crippen molar-refractivity contribution in [1.29, 1.82) is 0 Å². The molecule has 1 nitrogen and oxygen atoms in total. The first-order valence-electron chi connectivity index (χ1n) is 2.88. The monoisotopic (exact) mass is 197 g/mol. The van der Waals surface area contributed by atoms with E-state index in [4.69, 9.17) is 17.3 Å². The molecule has 62 valence electrons. The van der Waals surface area contributed by atoms with Crippen molar-refractivity contribution < 1.29 is 8.78 Å². The summed E-state index contributed by atoms with van der Waals surface area (Å²) in [4.78, 5) is 0. The molecule has 0 aromatic carbocycles. The normalized spacial score (nSPS) is 12.0. The third-order valence-electron chi connectivity index (χ3n) is 1.25. The average molecular weight is 198 g/mol. The highest BCUT2D eigenvalue weighted by Gasteiger charge is 2.30. The highest BCUT2D eigenvalue weighted by molar-refractivity contribution is 7.14. The third kappa shape index (κ3) is 1.89. The van der Waals surface area contributed by atoms with E-state index in [2.05, 4.69) is 0 Å². The number of hydrogen-bond acceptors (Lipinski definition) is 2. The van der Waals surface area contributed by atoms with Crippen LogP contribution in [0.4, 0.5) is 8.78 Å². The van der Waals surface area contributed by atoms with Crippen molar-refractivity contribution in [2.45, 2.75) is 5.92 Å². The van der Waals surface area contributed by atoms with Crippen molar-refractivity contribution in [1.82, 2.24) is 0 Å². The van der Waals surface area contributed by atoms with Crippen LogP contribution in [-0.4, -0.2) is 6.54 Å². The van der Waals surface area contributed by atoms with Gasteiger partial charge in [-0.05, 0) is 6.07 Å². The van der Waals surface area contributed by atoms with Gasteiger partial charge in [0.25, 0.3) is 5.92 Å². The van der Waals surface area contributed by atoms with Crippen LogP contribution < -0.4 is 5.73 Å². The van der Waals surface area contributed by atoms with Gasteiger partial charge in [-0.25, -0.2) is 0 Å². The van der Waals surface area contributed by atoms with Crippen LogP contribution in [0.3, 0.4) is 0 Å². The maximum atomic E-state index is 12.7. The number of hydrogen-bond donors (Lipinski definition) is 1. The molecule has 0 spiro atoms. The summed E-state index contributed by atoms with van der Waals surface area (Å²) < 4.78 is 25.8. The largest absolute Gasteiger partial charge is 0.325 e. The van der Waals surface area contributed by atoms with Crippen LogP contribution in [0, 0.1) is 0 Å². The highest BCUT2D eigenvalue weighted by Crippen LogP contribution is 2.32. The van der Waals surface area contributed by atoms with Crippen molar-refractivity contribution in [2.24, 2.45) is 5.73 Å². The minimum atomic E-state index is -2.94. The van der Waals surface area contributed by atoms with Gasteiger partial charge < -0.3 is 5.73 Å². The molecular weight excluding hydrogens is 192 g/mol. The Morgan fingerprint density at radius 2 is 2.27 bits per heavy atom. The molecule has 1 aromatic heterocycles. The highest BCUT2D eigenvalue weighted by atomic mass is 35.5. The van der Waals surface area contributed by atoms with Gasteiger partial charge in [-0.15, -0.1) is 11.3 Å². The zero-order chi connectivity index (χ0) is 8.48. The SMILES string of the molecule is NCC(F)(F)c1csc(Cl)c1. The molecule has 0 fully saturated rings. The van der Waals surface area contributed by atoms with E-state index < -0.39 is 12.5 Å². The van der Waals surface area contributed by atoms with Crippen LogP contribution in [0.15, 0.2) is 11.4 Å². The molecule has 0 unspecified atom stereocenters. The lowest BCUT2D eigenvalue weighted by Gasteiger charge is -2.10. The zero-order valence-corrected chi connectivity index (χ0v) is 7.05. The van der Waals surface area contributed by atoms with Crippen LogP contribution in [0.2, 0.25) is 4.34 Å². The second kappa shape index (κ2) is 3.05. The Balaban J connectivity index is 2.92. The molecule has 0 saturated carbocycles. The van der Waals surface area contributed by atoms with E-state index in [1.54, 1.807) is 0 Å². The average Bonchev–Trinajstić information content (AvgIpc) is 2.36. The molecule has 1 rings (SSSR count). The topological polar surface area (TPSA) is 26.0 Å². The van der Waals surface area contributed by atoms with Gasteiger partial charge in [0.1, 0.15) is 0 Å². The second-order valence-electron chi connectivity index (χ2n) is 2.05. The predicted molar refractivity (Wildman–Crippen MR) is 42.3 cm³/mol. The van der Waals surface area contributed by atoms with E-state index in [-0.39, 0.29) is 5.56 Å². The summed E-state index contributed by atoms with van der Waals surface area (Å²) in [5, 5.41) is 1.31. The van der Waals surface area contributed by atoms with E-state index >= 15 is 0 Å². The van der Waals surface area contributed by atoms with Gasteiger partial charge >= 0.3 is 0 Å². The Kier molecular flexibility index (Phi) is 2.47. The van der Waals surface area contributed by atoms with E-state index in [0.29, 0.717) is 4.34 Å². The summed E-state index contributed by atoms with van der Waals surface area (Å²) >= 11 is 6.54. The van der Waals surface area contributed by atoms with Gasteiger partial charge in [-0.3, -0.25) is 0 Å². The Morgan fingerprint density at radius 3 is 2.64 bits per heavy atom. The maximum absolute atomic E-state index is 12.7. The van der Waals surface area contributed by atoms with E-state index in [0.717, 1.165) is 11.3 Å². The number of rotatable bonds is 2. The Morgan fingerprint density at radius 1 is 1.64 bits per heavy atom. The molecule has 11 heavy (non-hydrogen) atoms. The van der Waals surface area contributed by atoms with Crippen molar-refractivity contribution in [3.63, 3.8) is 0 Å². The molecule has 0 aliphatic carbocycles. The van der Waals surface area contributed by atoms with Gasteiger partial charge in [0.15, 0.2) is 0 Å². The van der Waals surface area contributed by atoms with E-state index in [1.807, 2.05) is 0 Å². The van der Waals surface area contributed by atoms with Gasteiger partial charge in [0.2, 0.25) is 0 Å². The standard InChI is InChI=1S/C6H6ClF2NS/c7-5-1-4(2-11-5)6(8,9)3-10/h1-2H,3,10H2. The molecule has 1 heterocycles. The first-order chi connectivity index (χ1) is 5.06. The van der Waals surface area contributed by atoms with Crippen LogP contribution in [0.5, 0.6) is 0 Å². The fourth-order valence-electron chi connectivity index (χ4n) is 0.620. The fraction of sp³-hybridized carbons (Fsp3) is 0.333. The fourth-order valence-corrected chi connectivity index (χ4v) is 1.55. The molecule has 0 amide bonds. The third-order valence-corrected chi connectivity index (χ3v) is 2.34. The second-order valence-corrected chi connectivity index (χ2v) is 3.59. The minimum absolute atomic E-state index is 0.102. The van der Waals surface area contributed by atoms with Crippen molar-refractivity contribution >= 4 is 22.9 Å². The number of alkyl halides is 2. The maximum Gasteiger partial charge on any atom is 0.286 e. The smallest absolute Gasteiger partial charge is 0.286 e. The number of halogens is 3. The summed E-state index contributed by atoms with van der Waals surface area (Å²) in [6.07, 6.45) is 0. The molecule has 5 heteroatoms. The first kappa shape index (κ1) is 8.90. The summed E-state index contributed by atoms with van der Waals surface area (Å²) in [5.74, 6) is -2.94. The molecule has 1 aromatic rings. The first-order valence-corrected chi connectivity index (χ1v) is 4.14. The molecule has 2 N–H and O–H groups in total. The Hall–Kier alpha value is -0.190. The van der Waals surface area contributed by atoms with Crippen LogP contribution in [-0.2, 0) is 5.92 Å². The summed E-state index contributed by atoms with van der Waals surface area (Å²) in [6, 6.07) is 1.24. The molecular formula is C6H6ClF2NS. The van der Waals surface area contributed by atoms with Crippen LogP contribution >= 0.6 is 22.9 Å².